The molecule has 2 aromatic rings. The van der Waals surface area contributed by atoms with Crippen molar-refractivity contribution in [2.75, 3.05) is 12.3 Å². The van der Waals surface area contributed by atoms with E-state index in [1.165, 1.54) is 12.1 Å². The number of pyridine rings is 1. The Morgan fingerprint density at radius 2 is 1.92 bits per heavy atom. The van der Waals surface area contributed by atoms with Crippen molar-refractivity contribution in [1.82, 2.24) is 9.88 Å². The Balaban J connectivity index is 1.80. The van der Waals surface area contributed by atoms with E-state index in [1.54, 1.807) is 35.5 Å². The van der Waals surface area contributed by atoms with Crippen LogP contribution in [0.15, 0.2) is 59.8 Å². The van der Waals surface area contributed by atoms with Crippen molar-refractivity contribution in [1.29, 1.82) is 0 Å². The van der Waals surface area contributed by atoms with Gasteiger partial charge in [-0.2, -0.15) is 0 Å². The second-order valence-electron chi connectivity index (χ2n) is 5.96. The van der Waals surface area contributed by atoms with Crippen molar-refractivity contribution in [2.24, 2.45) is 0 Å². The third-order valence-electron chi connectivity index (χ3n) is 4.31. The van der Waals surface area contributed by atoms with E-state index in [-0.39, 0.29) is 16.8 Å². The Morgan fingerprint density at radius 3 is 2.62 bits per heavy atom. The molecular formula is C18H20N2O3S. The molecule has 1 fully saturated rings. The summed E-state index contributed by atoms with van der Waals surface area (Å²) in [7, 11) is -3.62. The summed E-state index contributed by atoms with van der Waals surface area (Å²) < 4.78 is 24.9. The van der Waals surface area contributed by atoms with Gasteiger partial charge >= 0.3 is 0 Å². The number of carbonyl (C=O) groups is 1. The number of aromatic nitrogens is 1. The molecule has 6 heteroatoms. The summed E-state index contributed by atoms with van der Waals surface area (Å²) in [6.45, 7) is 0.586. The molecule has 1 aromatic heterocycles. The third-order valence-corrected chi connectivity index (χ3v) is 5.93. The molecule has 1 aliphatic heterocycles. The molecule has 1 aromatic carbocycles. The molecule has 1 aliphatic rings. The molecule has 1 amide bonds. The van der Waals surface area contributed by atoms with Crippen molar-refractivity contribution in [2.45, 2.75) is 30.2 Å². The summed E-state index contributed by atoms with van der Waals surface area (Å²) in [5.41, 5.74) is 0.961. The van der Waals surface area contributed by atoms with Gasteiger partial charge in [0.25, 0.3) is 0 Å². The summed E-state index contributed by atoms with van der Waals surface area (Å²) in [5, 5.41) is 0. The average molecular weight is 344 g/mol. The zero-order chi connectivity index (χ0) is 17.0. The molecule has 24 heavy (non-hydrogen) atoms. The monoisotopic (exact) mass is 344 g/mol. The average Bonchev–Trinajstić information content (AvgIpc) is 2.63. The number of amides is 1. The van der Waals surface area contributed by atoms with Crippen molar-refractivity contribution in [3.8, 4) is 0 Å². The number of hydrogen-bond donors (Lipinski definition) is 0. The molecule has 0 aliphatic carbocycles. The third kappa shape index (κ3) is 3.64. The van der Waals surface area contributed by atoms with E-state index in [0.717, 1.165) is 24.8 Å². The Kier molecular flexibility index (Phi) is 4.94. The van der Waals surface area contributed by atoms with E-state index in [0.29, 0.717) is 6.54 Å². The first-order chi connectivity index (χ1) is 11.6. The molecule has 2 heterocycles. The quantitative estimate of drug-likeness (QED) is 0.855. The number of rotatable bonds is 4. The number of sulfone groups is 1. The molecule has 1 saturated heterocycles. The Labute approximate surface area is 142 Å². The van der Waals surface area contributed by atoms with Crippen LogP contribution in [0.4, 0.5) is 0 Å². The first-order valence-corrected chi connectivity index (χ1v) is 9.70. The van der Waals surface area contributed by atoms with E-state index in [9.17, 15) is 13.2 Å². The summed E-state index contributed by atoms with van der Waals surface area (Å²) in [5.74, 6) is -0.833. The van der Waals surface area contributed by atoms with E-state index >= 15 is 0 Å². The van der Waals surface area contributed by atoms with Gasteiger partial charge in [-0.15, -0.1) is 0 Å². The number of piperidine rings is 1. The lowest BCUT2D eigenvalue weighted by molar-refractivity contribution is -0.132. The largest absolute Gasteiger partial charge is 0.335 e. The van der Waals surface area contributed by atoms with Gasteiger partial charge in [-0.1, -0.05) is 24.3 Å². The van der Waals surface area contributed by atoms with Crippen LogP contribution in [0.25, 0.3) is 0 Å². The molecule has 0 saturated carbocycles. The van der Waals surface area contributed by atoms with Crippen LogP contribution in [0, 0.1) is 0 Å². The Hall–Kier alpha value is -2.21. The van der Waals surface area contributed by atoms with Crippen molar-refractivity contribution >= 4 is 15.7 Å². The normalized spacial score (nSPS) is 18.3. The van der Waals surface area contributed by atoms with Crippen LogP contribution in [-0.2, 0) is 14.6 Å². The Bertz CT molecular complexity index is 792. The van der Waals surface area contributed by atoms with Crippen LogP contribution in [0.5, 0.6) is 0 Å². The molecule has 1 atom stereocenters. The van der Waals surface area contributed by atoms with Gasteiger partial charge in [-0.3, -0.25) is 9.78 Å². The minimum Gasteiger partial charge on any atom is -0.335 e. The predicted molar refractivity (Wildman–Crippen MR) is 91.0 cm³/mol. The number of hydrogen-bond acceptors (Lipinski definition) is 4. The van der Waals surface area contributed by atoms with Crippen molar-refractivity contribution < 1.29 is 13.2 Å². The molecule has 0 bridgehead atoms. The Morgan fingerprint density at radius 1 is 1.12 bits per heavy atom. The predicted octanol–water partition coefficient (Wildman–Crippen LogP) is 2.61. The zero-order valence-electron chi connectivity index (χ0n) is 13.3. The number of carbonyl (C=O) groups excluding carboxylic acids is 1. The van der Waals surface area contributed by atoms with E-state index < -0.39 is 15.6 Å². The molecule has 3 rings (SSSR count). The van der Waals surface area contributed by atoms with E-state index in [4.69, 9.17) is 0 Å². The minimum atomic E-state index is -3.62. The lowest BCUT2D eigenvalue weighted by atomic mass is 9.96. The summed E-state index contributed by atoms with van der Waals surface area (Å²) >= 11 is 0. The van der Waals surface area contributed by atoms with Crippen LogP contribution in [-0.4, -0.2) is 36.5 Å². The zero-order valence-corrected chi connectivity index (χ0v) is 14.2. The van der Waals surface area contributed by atoms with Crippen molar-refractivity contribution in [3.05, 3.63) is 60.4 Å². The molecule has 0 radical (unpaired) electrons. The maximum Gasteiger partial charge on any atom is 0.238 e. The van der Waals surface area contributed by atoms with Gasteiger partial charge in [0.05, 0.1) is 10.9 Å². The highest BCUT2D eigenvalue weighted by Gasteiger charge is 2.31. The van der Waals surface area contributed by atoms with Crippen LogP contribution in [0.1, 0.15) is 30.9 Å². The molecular weight excluding hydrogens is 324 g/mol. The molecule has 1 unspecified atom stereocenters. The van der Waals surface area contributed by atoms with Gasteiger partial charge in [0.2, 0.25) is 5.91 Å². The highest BCUT2D eigenvalue weighted by molar-refractivity contribution is 7.92. The van der Waals surface area contributed by atoms with Crippen molar-refractivity contribution in [3.63, 3.8) is 0 Å². The van der Waals surface area contributed by atoms with Gasteiger partial charge in [0.1, 0.15) is 5.75 Å². The minimum absolute atomic E-state index is 0.0917. The van der Waals surface area contributed by atoms with Gasteiger partial charge in [-0.25, -0.2) is 8.42 Å². The number of likely N-dealkylation sites (tertiary alicyclic amines) is 1. The molecule has 0 spiro atoms. The lowest BCUT2D eigenvalue weighted by Crippen LogP contribution is -2.41. The second-order valence-corrected chi connectivity index (χ2v) is 7.95. The van der Waals surface area contributed by atoms with E-state index in [1.807, 2.05) is 12.1 Å². The van der Waals surface area contributed by atoms with Crippen LogP contribution in [0.2, 0.25) is 0 Å². The number of benzene rings is 1. The lowest BCUT2D eigenvalue weighted by Gasteiger charge is -2.36. The number of nitrogens with zero attached hydrogens (tertiary/aromatic N) is 2. The van der Waals surface area contributed by atoms with Gasteiger partial charge in [0.15, 0.2) is 9.84 Å². The summed E-state index contributed by atoms with van der Waals surface area (Å²) in [4.78, 5) is 18.7. The maximum atomic E-state index is 12.7. The smallest absolute Gasteiger partial charge is 0.238 e. The fourth-order valence-electron chi connectivity index (χ4n) is 3.11. The highest BCUT2D eigenvalue weighted by atomic mass is 32.2. The summed E-state index contributed by atoms with van der Waals surface area (Å²) in [6.07, 6.45) is 6.20. The van der Waals surface area contributed by atoms with Crippen LogP contribution < -0.4 is 0 Å². The van der Waals surface area contributed by atoms with E-state index in [2.05, 4.69) is 4.98 Å². The first kappa shape index (κ1) is 16.6. The standard InChI is InChI=1S/C18H20N2O3S/c21-18(14-24(22,23)16-8-2-1-3-9-16)20-12-5-4-10-17(20)15-7-6-11-19-13-15/h1-3,6-9,11,13,17H,4-5,10,12,14H2. The van der Waals surface area contributed by atoms with Gasteiger partial charge < -0.3 is 4.90 Å². The SMILES string of the molecule is O=C(CS(=O)(=O)c1ccccc1)N1CCCCC1c1cccnc1. The van der Waals surface area contributed by atoms with Gasteiger partial charge in [-0.05, 0) is 43.0 Å². The fraction of sp³-hybridized carbons (Fsp3) is 0.333. The van der Waals surface area contributed by atoms with Crippen LogP contribution in [0.3, 0.4) is 0 Å². The summed E-state index contributed by atoms with van der Waals surface area (Å²) in [6, 6.07) is 11.8. The fourth-order valence-corrected chi connectivity index (χ4v) is 4.34. The highest BCUT2D eigenvalue weighted by Crippen LogP contribution is 2.30. The maximum absolute atomic E-state index is 12.7. The van der Waals surface area contributed by atoms with Crippen LogP contribution >= 0.6 is 0 Å². The molecule has 0 N–H and O–H groups in total. The van der Waals surface area contributed by atoms with Gasteiger partial charge in [0, 0.05) is 18.9 Å². The second kappa shape index (κ2) is 7.13. The molecule has 5 nitrogen and oxygen atoms in total. The topological polar surface area (TPSA) is 67.3 Å². The molecule has 126 valence electrons. The first-order valence-electron chi connectivity index (χ1n) is 8.05.